The Morgan fingerprint density at radius 3 is 2.95 bits per heavy atom. The van der Waals surface area contributed by atoms with Crippen LogP contribution in [0.5, 0.6) is 0 Å². The fourth-order valence-corrected chi connectivity index (χ4v) is 2.59. The summed E-state index contributed by atoms with van der Waals surface area (Å²) in [5.74, 6) is 6.04. The standard InChI is InChI=1S/C14H17FN2O2/c15-10-4-5-11-9(7-10)8-13(19-11)14(17-16)12-3-1-2-6-18-12/h4-5,7-8,12,14,17H,1-3,6,16H2. The predicted octanol–water partition coefficient (Wildman–Crippen LogP) is 2.65. The molecule has 2 unspecified atom stereocenters. The summed E-state index contributed by atoms with van der Waals surface area (Å²) in [5.41, 5.74) is 3.41. The van der Waals surface area contributed by atoms with E-state index in [0.717, 1.165) is 31.3 Å². The van der Waals surface area contributed by atoms with Gasteiger partial charge >= 0.3 is 0 Å². The van der Waals surface area contributed by atoms with Crippen molar-refractivity contribution in [2.75, 3.05) is 6.61 Å². The van der Waals surface area contributed by atoms with Crippen LogP contribution in [0.1, 0.15) is 31.1 Å². The van der Waals surface area contributed by atoms with Crippen LogP contribution in [0.3, 0.4) is 0 Å². The number of rotatable bonds is 3. The number of hydrogen-bond donors (Lipinski definition) is 2. The fraction of sp³-hybridized carbons (Fsp3) is 0.429. The van der Waals surface area contributed by atoms with Gasteiger partial charge in [0.15, 0.2) is 0 Å². The lowest BCUT2D eigenvalue weighted by atomic mass is 10.0. The lowest BCUT2D eigenvalue weighted by Crippen LogP contribution is -2.39. The molecule has 1 aliphatic rings. The third kappa shape index (κ3) is 2.49. The van der Waals surface area contributed by atoms with Gasteiger partial charge in [-0.1, -0.05) is 0 Å². The number of furan rings is 1. The predicted molar refractivity (Wildman–Crippen MR) is 69.8 cm³/mol. The van der Waals surface area contributed by atoms with E-state index in [0.29, 0.717) is 11.3 Å². The fourth-order valence-electron chi connectivity index (χ4n) is 2.59. The molecule has 0 radical (unpaired) electrons. The van der Waals surface area contributed by atoms with E-state index in [4.69, 9.17) is 15.0 Å². The number of fused-ring (bicyclic) bond motifs is 1. The second-order valence-electron chi connectivity index (χ2n) is 4.88. The Morgan fingerprint density at radius 2 is 2.21 bits per heavy atom. The number of hydrogen-bond acceptors (Lipinski definition) is 4. The second-order valence-corrected chi connectivity index (χ2v) is 4.88. The highest BCUT2D eigenvalue weighted by molar-refractivity contribution is 5.78. The molecule has 2 aromatic rings. The molecule has 19 heavy (non-hydrogen) atoms. The summed E-state index contributed by atoms with van der Waals surface area (Å²) in [4.78, 5) is 0. The summed E-state index contributed by atoms with van der Waals surface area (Å²) in [6.45, 7) is 0.748. The van der Waals surface area contributed by atoms with Crippen molar-refractivity contribution < 1.29 is 13.5 Å². The summed E-state index contributed by atoms with van der Waals surface area (Å²) in [7, 11) is 0. The molecule has 102 valence electrons. The first-order valence-corrected chi connectivity index (χ1v) is 6.54. The SMILES string of the molecule is NNC(c1cc2cc(F)ccc2o1)C1CCCCO1. The Morgan fingerprint density at radius 1 is 1.32 bits per heavy atom. The summed E-state index contributed by atoms with van der Waals surface area (Å²) < 4.78 is 24.6. The molecule has 2 heterocycles. The minimum absolute atomic E-state index is 0.00385. The van der Waals surface area contributed by atoms with E-state index in [1.807, 2.05) is 6.07 Å². The minimum Gasteiger partial charge on any atom is -0.459 e. The quantitative estimate of drug-likeness (QED) is 0.661. The van der Waals surface area contributed by atoms with Crippen molar-refractivity contribution in [3.8, 4) is 0 Å². The van der Waals surface area contributed by atoms with Gasteiger partial charge in [-0.2, -0.15) is 0 Å². The van der Waals surface area contributed by atoms with E-state index in [1.165, 1.54) is 12.1 Å². The molecule has 1 fully saturated rings. The van der Waals surface area contributed by atoms with Gasteiger partial charge in [0, 0.05) is 12.0 Å². The molecule has 5 heteroatoms. The topological polar surface area (TPSA) is 60.4 Å². The van der Waals surface area contributed by atoms with Gasteiger partial charge in [0.2, 0.25) is 0 Å². The zero-order valence-electron chi connectivity index (χ0n) is 10.6. The number of benzene rings is 1. The van der Waals surface area contributed by atoms with Crippen LogP contribution < -0.4 is 11.3 Å². The Labute approximate surface area is 110 Å². The van der Waals surface area contributed by atoms with E-state index in [2.05, 4.69) is 5.43 Å². The molecule has 1 aromatic heterocycles. The number of halogens is 1. The van der Waals surface area contributed by atoms with Crippen LogP contribution in [-0.4, -0.2) is 12.7 Å². The normalized spacial score (nSPS) is 21.7. The van der Waals surface area contributed by atoms with Crippen molar-refractivity contribution in [3.05, 3.63) is 35.8 Å². The lowest BCUT2D eigenvalue weighted by Gasteiger charge is -2.28. The summed E-state index contributed by atoms with van der Waals surface area (Å²) in [5, 5.41) is 0.742. The van der Waals surface area contributed by atoms with Crippen LogP contribution in [0.25, 0.3) is 11.0 Å². The van der Waals surface area contributed by atoms with Gasteiger partial charge < -0.3 is 9.15 Å². The highest BCUT2D eigenvalue weighted by Gasteiger charge is 2.27. The lowest BCUT2D eigenvalue weighted by molar-refractivity contribution is -0.0123. The molecule has 0 aliphatic carbocycles. The molecule has 1 aliphatic heterocycles. The van der Waals surface area contributed by atoms with Gasteiger partial charge in [-0.05, 0) is 43.5 Å². The molecule has 1 aromatic carbocycles. The van der Waals surface area contributed by atoms with Crippen molar-refractivity contribution in [3.63, 3.8) is 0 Å². The maximum absolute atomic E-state index is 13.2. The first kappa shape index (κ1) is 12.6. The van der Waals surface area contributed by atoms with Crippen LogP contribution >= 0.6 is 0 Å². The van der Waals surface area contributed by atoms with Crippen molar-refractivity contribution in [2.45, 2.75) is 31.4 Å². The zero-order chi connectivity index (χ0) is 13.2. The number of hydrazine groups is 1. The largest absolute Gasteiger partial charge is 0.459 e. The van der Waals surface area contributed by atoms with Gasteiger partial charge in [-0.25, -0.2) is 9.82 Å². The number of nitrogens with one attached hydrogen (secondary N) is 1. The van der Waals surface area contributed by atoms with Crippen molar-refractivity contribution in [2.24, 2.45) is 5.84 Å². The van der Waals surface area contributed by atoms with Crippen molar-refractivity contribution in [1.82, 2.24) is 5.43 Å². The van der Waals surface area contributed by atoms with Crippen LogP contribution in [0.15, 0.2) is 28.7 Å². The van der Waals surface area contributed by atoms with Crippen LogP contribution in [0, 0.1) is 5.82 Å². The molecule has 1 saturated heterocycles. The molecule has 0 spiro atoms. The summed E-state index contributed by atoms with van der Waals surface area (Å²) >= 11 is 0. The van der Waals surface area contributed by atoms with E-state index in [1.54, 1.807) is 6.07 Å². The van der Waals surface area contributed by atoms with Crippen LogP contribution in [0.4, 0.5) is 4.39 Å². The van der Waals surface area contributed by atoms with Crippen LogP contribution in [0.2, 0.25) is 0 Å². The molecular formula is C14H17FN2O2. The highest BCUT2D eigenvalue weighted by atomic mass is 19.1. The Balaban J connectivity index is 1.91. The first-order valence-electron chi connectivity index (χ1n) is 6.54. The average Bonchev–Trinajstić information content (AvgIpc) is 2.83. The highest BCUT2D eigenvalue weighted by Crippen LogP contribution is 2.30. The maximum atomic E-state index is 13.2. The molecule has 3 N–H and O–H groups in total. The summed E-state index contributed by atoms with van der Waals surface area (Å²) in [6, 6.07) is 6.09. The molecule has 3 rings (SSSR count). The molecule has 0 saturated carbocycles. The maximum Gasteiger partial charge on any atom is 0.134 e. The third-order valence-electron chi connectivity index (χ3n) is 3.57. The van der Waals surface area contributed by atoms with E-state index >= 15 is 0 Å². The van der Waals surface area contributed by atoms with E-state index in [9.17, 15) is 4.39 Å². The monoisotopic (exact) mass is 264 g/mol. The van der Waals surface area contributed by atoms with Gasteiger partial charge in [-0.3, -0.25) is 5.84 Å². The van der Waals surface area contributed by atoms with E-state index in [-0.39, 0.29) is 18.0 Å². The van der Waals surface area contributed by atoms with Gasteiger partial charge in [0.1, 0.15) is 23.2 Å². The zero-order valence-corrected chi connectivity index (χ0v) is 10.6. The average molecular weight is 264 g/mol. The number of nitrogens with two attached hydrogens (primary N) is 1. The minimum atomic E-state index is -0.272. The number of ether oxygens (including phenoxy) is 1. The van der Waals surface area contributed by atoms with Gasteiger partial charge in [0.25, 0.3) is 0 Å². The molecule has 0 amide bonds. The third-order valence-corrected chi connectivity index (χ3v) is 3.57. The summed E-state index contributed by atoms with van der Waals surface area (Å²) in [6.07, 6.45) is 3.15. The van der Waals surface area contributed by atoms with Crippen molar-refractivity contribution >= 4 is 11.0 Å². The van der Waals surface area contributed by atoms with E-state index < -0.39 is 0 Å². The Kier molecular flexibility index (Phi) is 3.50. The van der Waals surface area contributed by atoms with Gasteiger partial charge in [0.05, 0.1) is 6.10 Å². The molecular weight excluding hydrogens is 247 g/mol. The van der Waals surface area contributed by atoms with Gasteiger partial charge in [-0.15, -0.1) is 0 Å². The molecule has 0 bridgehead atoms. The first-order chi connectivity index (χ1) is 9.28. The molecule has 2 atom stereocenters. The molecule has 4 nitrogen and oxygen atoms in total. The van der Waals surface area contributed by atoms with Crippen molar-refractivity contribution in [1.29, 1.82) is 0 Å². The Bertz CT molecular complexity index is 564. The van der Waals surface area contributed by atoms with Crippen LogP contribution in [-0.2, 0) is 4.74 Å². The Hall–Kier alpha value is -1.43. The smallest absolute Gasteiger partial charge is 0.134 e. The second kappa shape index (κ2) is 5.28.